The van der Waals surface area contributed by atoms with Crippen LogP contribution >= 0.6 is 0 Å². The highest BCUT2D eigenvalue weighted by Gasteiger charge is 2.00. The van der Waals surface area contributed by atoms with Gasteiger partial charge in [0.25, 0.3) is 5.56 Å². The van der Waals surface area contributed by atoms with Crippen molar-refractivity contribution in [2.45, 2.75) is 45.6 Å². The number of rotatable bonds is 6. The van der Waals surface area contributed by atoms with Gasteiger partial charge in [-0.3, -0.25) is 14.3 Å². The van der Waals surface area contributed by atoms with E-state index in [4.69, 9.17) is 5.73 Å². The van der Waals surface area contributed by atoms with Crippen molar-refractivity contribution in [3.05, 3.63) is 27.0 Å². The van der Waals surface area contributed by atoms with E-state index in [-0.39, 0.29) is 11.4 Å². The summed E-state index contributed by atoms with van der Waals surface area (Å²) in [5, 5.41) is 0. The van der Waals surface area contributed by atoms with Gasteiger partial charge < -0.3 is 5.73 Å². The summed E-state index contributed by atoms with van der Waals surface area (Å²) in [6, 6.07) is 0. The molecule has 5 heteroatoms. The number of hydrogen-bond donors (Lipinski definition) is 2. The molecule has 0 aromatic carbocycles. The van der Waals surface area contributed by atoms with Crippen LogP contribution in [0.5, 0.6) is 0 Å². The number of anilines is 1. The number of aromatic amines is 1. The molecule has 1 rings (SSSR count). The molecule has 0 radical (unpaired) electrons. The van der Waals surface area contributed by atoms with Crippen molar-refractivity contribution in [1.29, 1.82) is 0 Å². The van der Waals surface area contributed by atoms with Crippen molar-refractivity contribution in [3.8, 4) is 0 Å². The number of aryl methyl sites for hydroxylation is 1. The van der Waals surface area contributed by atoms with E-state index in [2.05, 4.69) is 11.9 Å². The van der Waals surface area contributed by atoms with Gasteiger partial charge in [0, 0.05) is 12.7 Å². The van der Waals surface area contributed by atoms with Crippen molar-refractivity contribution in [2.75, 3.05) is 5.73 Å². The third-order valence-corrected chi connectivity index (χ3v) is 2.54. The van der Waals surface area contributed by atoms with E-state index in [1.54, 1.807) is 0 Å². The number of nitrogens with zero attached hydrogens (tertiary/aromatic N) is 1. The second-order valence-corrected chi connectivity index (χ2v) is 3.95. The van der Waals surface area contributed by atoms with Gasteiger partial charge in [-0.05, 0) is 6.42 Å². The third-order valence-electron chi connectivity index (χ3n) is 2.54. The van der Waals surface area contributed by atoms with Gasteiger partial charge >= 0.3 is 5.69 Å². The average Bonchev–Trinajstić information content (AvgIpc) is 2.25. The maximum Gasteiger partial charge on any atom is 0.328 e. The minimum absolute atomic E-state index is 0.0909. The minimum atomic E-state index is -0.507. The highest BCUT2D eigenvalue weighted by Crippen LogP contribution is 2.03. The maximum atomic E-state index is 11.4. The topological polar surface area (TPSA) is 80.9 Å². The van der Waals surface area contributed by atoms with Crippen LogP contribution in [0, 0.1) is 0 Å². The molecule has 1 heterocycles. The Morgan fingerprint density at radius 1 is 1.25 bits per heavy atom. The van der Waals surface area contributed by atoms with Gasteiger partial charge in [0.15, 0.2) is 0 Å². The number of unbranched alkanes of at least 4 members (excludes halogenated alkanes) is 4. The van der Waals surface area contributed by atoms with E-state index in [1.165, 1.54) is 30.0 Å². The van der Waals surface area contributed by atoms with Gasteiger partial charge in [-0.1, -0.05) is 32.6 Å². The zero-order valence-electron chi connectivity index (χ0n) is 9.66. The number of nitrogen functional groups attached to an aromatic ring is 1. The van der Waals surface area contributed by atoms with Crippen LogP contribution < -0.4 is 17.0 Å². The summed E-state index contributed by atoms with van der Waals surface area (Å²) in [5.74, 6) is 0. The second kappa shape index (κ2) is 6.15. The van der Waals surface area contributed by atoms with Gasteiger partial charge in [0.2, 0.25) is 0 Å². The number of nitrogens with one attached hydrogen (secondary N) is 1. The fourth-order valence-corrected chi connectivity index (χ4v) is 1.58. The van der Waals surface area contributed by atoms with E-state index in [0.29, 0.717) is 6.54 Å². The van der Waals surface area contributed by atoms with Gasteiger partial charge in [0.05, 0.1) is 0 Å². The Morgan fingerprint density at radius 2 is 1.94 bits per heavy atom. The summed E-state index contributed by atoms with van der Waals surface area (Å²) in [6.07, 6.45) is 7.06. The molecule has 1 aromatic rings. The molecule has 0 aliphatic rings. The molecule has 0 atom stereocenters. The molecule has 0 unspecified atom stereocenters. The van der Waals surface area contributed by atoms with Crippen LogP contribution in [-0.4, -0.2) is 9.55 Å². The van der Waals surface area contributed by atoms with Crippen LogP contribution in [0.2, 0.25) is 0 Å². The molecular weight excluding hydrogens is 206 g/mol. The predicted molar refractivity (Wildman–Crippen MR) is 64.5 cm³/mol. The van der Waals surface area contributed by atoms with Crippen molar-refractivity contribution < 1.29 is 0 Å². The molecule has 0 bridgehead atoms. The van der Waals surface area contributed by atoms with Crippen LogP contribution in [0.3, 0.4) is 0 Å². The van der Waals surface area contributed by atoms with Crippen LogP contribution in [-0.2, 0) is 6.54 Å². The lowest BCUT2D eigenvalue weighted by Crippen LogP contribution is -2.31. The smallest absolute Gasteiger partial charge is 0.328 e. The summed E-state index contributed by atoms with van der Waals surface area (Å²) < 4.78 is 1.46. The lowest BCUT2D eigenvalue weighted by atomic mass is 10.1. The Balaban J connectivity index is 2.51. The Bertz CT molecular complexity index is 434. The third kappa shape index (κ3) is 3.56. The Kier molecular flexibility index (Phi) is 4.82. The number of hydrogen-bond acceptors (Lipinski definition) is 3. The first kappa shape index (κ1) is 12.5. The average molecular weight is 225 g/mol. The first-order valence-corrected chi connectivity index (χ1v) is 5.74. The monoisotopic (exact) mass is 225 g/mol. The van der Waals surface area contributed by atoms with Crippen LogP contribution in [0.4, 0.5) is 5.69 Å². The summed E-state index contributed by atoms with van der Waals surface area (Å²) in [7, 11) is 0. The molecule has 0 saturated heterocycles. The molecule has 1 aromatic heterocycles. The van der Waals surface area contributed by atoms with E-state index >= 15 is 0 Å². The molecule has 90 valence electrons. The van der Waals surface area contributed by atoms with E-state index < -0.39 is 5.56 Å². The molecule has 3 N–H and O–H groups in total. The van der Waals surface area contributed by atoms with Crippen molar-refractivity contribution in [3.63, 3.8) is 0 Å². The normalized spacial score (nSPS) is 10.6. The summed E-state index contributed by atoms with van der Waals surface area (Å²) in [4.78, 5) is 24.6. The Labute approximate surface area is 94.3 Å². The predicted octanol–water partition coefficient (Wildman–Crippen LogP) is 1.09. The number of aromatic nitrogens is 2. The molecule has 0 fully saturated rings. The fraction of sp³-hybridized carbons (Fsp3) is 0.636. The fourth-order valence-electron chi connectivity index (χ4n) is 1.58. The van der Waals surface area contributed by atoms with Gasteiger partial charge in [0.1, 0.15) is 5.69 Å². The van der Waals surface area contributed by atoms with Gasteiger partial charge in [-0.2, -0.15) is 0 Å². The molecule has 0 amide bonds. The summed E-state index contributed by atoms with van der Waals surface area (Å²) in [6.45, 7) is 2.77. The molecule has 0 saturated carbocycles. The molecule has 5 nitrogen and oxygen atoms in total. The lowest BCUT2D eigenvalue weighted by molar-refractivity contribution is 0.551. The van der Waals surface area contributed by atoms with Crippen LogP contribution in [0.25, 0.3) is 0 Å². The van der Waals surface area contributed by atoms with E-state index in [0.717, 1.165) is 12.8 Å². The number of H-pyrrole nitrogens is 1. The van der Waals surface area contributed by atoms with Crippen molar-refractivity contribution >= 4 is 5.69 Å². The first-order valence-electron chi connectivity index (χ1n) is 5.74. The second-order valence-electron chi connectivity index (χ2n) is 3.95. The Morgan fingerprint density at radius 3 is 2.62 bits per heavy atom. The van der Waals surface area contributed by atoms with Crippen molar-refractivity contribution in [1.82, 2.24) is 9.55 Å². The molecule has 0 aliphatic heterocycles. The maximum absolute atomic E-state index is 11.4. The Hall–Kier alpha value is -1.52. The summed E-state index contributed by atoms with van der Waals surface area (Å²) in [5.41, 5.74) is 4.64. The summed E-state index contributed by atoms with van der Waals surface area (Å²) >= 11 is 0. The van der Waals surface area contributed by atoms with Crippen LogP contribution in [0.15, 0.2) is 15.8 Å². The first-order chi connectivity index (χ1) is 7.65. The lowest BCUT2D eigenvalue weighted by Gasteiger charge is -2.05. The van der Waals surface area contributed by atoms with E-state index in [1.807, 2.05) is 0 Å². The number of nitrogens with two attached hydrogens (primary N) is 1. The van der Waals surface area contributed by atoms with E-state index in [9.17, 15) is 9.59 Å². The largest absolute Gasteiger partial charge is 0.393 e. The SMILES string of the molecule is CCCCCCCn1cc(N)c(=O)[nH]c1=O. The quantitative estimate of drug-likeness (QED) is 0.711. The highest BCUT2D eigenvalue weighted by atomic mass is 16.2. The molecule has 0 spiro atoms. The van der Waals surface area contributed by atoms with Gasteiger partial charge in [-0.15, -0.1) is 0 Å². The zero-order chi connectivity index (χ0) is 12.0. The zero-order valence-corrected chi connectivity index (χ0v) is 9.66. The van der Waals surface area contributed by atoms with Gasteiger partial charge in [-0.25, -0.2) is 4.79 Å². The molecular formula is C11H19N3O2. The van der Waals surface area contributed by atoms with Crippen LogP contribution in [0.1, 0.15) is 39.0 Å². The highest BCUT2D eigenvalue weighted by molar-refractivity contribution is 5.30. The standard InChI is InChI=1S/C11H19N3O2/c1-2-3-4-5-6-7-14-8-9(12)10(15)13-11(14)16/h8H,2-7,12H2,1H3,(H,13,15,16). The molecule has 16 heavy (non-hydrogen) atoms. The van der Waals surface area contributed by atoms with Crippen molar-refractivity contribution in [2.24, 2.45) is 0 Å². The minimum Gasteiger partial charge on any atom is -0.393 e. The molecule has 0 aliphatic carbocycles.